The van der Waals surface area contributed by atoms with Crippen LogP contribution in [0.1, 0.15) is 0 Å². The summed E-state index contributed by atoms with van der Waals surface area (Å²) in [7, 11) is -3.19. The maximum absolute atomic E-state index is 10.9. The average Bonchev–Trinajstić information content (AvgIpc) is 1.81. The van der Waals surface area contributed by atoms with Crippen molar-refractivity contribution in [1.29, 1.82) is 0 Å². The molecule has 0 aliphatic carbocycles. The number of hydrogen-bond donors (Lipinski definition) is 0. The molecule has 0 bridgehead atoms. The Labute approximate surface area is 91.3 Å². The van der Waals surface area contributed by atoms with Crippen LogP contribution < -0.4 is 0 Å². The van der Waals surface area contributed by atoms with Crippen molar-refractivity contribution in [3.05, 3.63) is 0 Å². The van der Waals surface area contributed by atoms with Gasteiger partial charge in [-0.25, -0.2) is 0 Å². The summed E-state index contributed by atoms with van der Waals surface area (Å²) in [5.74, 6) is -0.627. The van der Waals surface area contributed by atoms with Crippen LogP contribution in [-0.4, -0.2) is 28.4 Å². The molecule has 1 radical (unpaired) electrons. The molecule has 0 aromatic carbocycles. The van der Waals surface area contributed by atoms with Crippen LogP contribution in [0.3, 0.4) is 0 Å². The SMILES string of the molecule is C[Si](OC(=O)C(Cl)Cl)O[Si](C)(C)C. The molecule has 0 unspecified atom stereocenters. The monoisotopic (exact) mass is 259 g/mol. The van der Waals surface area contributed by atoms with E-state index in [4.69, 9.17) is 31.7 Å². The van der Waals surface area contributed by atoms with Crippen molar-refractivity contribution < 1.29 is 13.3 Å². The predicted octanol–water partition coefficient (Wildman–Crippen LogP) is 2.30. The molecule has 0 saturated heterocycles. The van der Waals surface area contributed by atoms with Crippen molar-refractivity contribution in [3.63, 3.8) is 0 Å². The fourth-order valence-corrected chi connectivity index (χ4v) is 4.89. The molecule has 0 atom stereocenters. The summed E-state index contributed by atoms with van der Waals surface area (Å²) in [4.78, 5) is 9.79. The van der Waals surface area contributed by atoms with E-state index in [1.165, 1.54) is 0 Å². The fourth-order valence-electron chi connectivity index (χ4n) is 0.638. The lowest BCUT2D eigenvalue weighted by atomic mass is 10.8. The van der Waals surface area contributed by atoms with Crippen LogP contribution in [0.5, 0.6) is 0 Å². The van der Waals surface area contributed by atoms with Gasteiger partial charge in [0.25, 0.3) is 0 Å². The van der Waals surface area contributed by atoms with Gasteiger partial charge in [0.15, 0.2) is 8.32 Å². The van der Waals surface area contributed by atoms with Crippen molar-refractivity contribution in [1.82, 2.24) is 0 Å². The number of hydrogen-bond acceptors (Lipinski definition) is 3. The number of carbonyl (C=O) groups excluding carboxylic acids is 1. The first-order chi connectivity index (χ1) is 5.72. The van der Waals surface area contributed by atoms with Crippen LogP contribution in [0.25, 0.3) is 0 Å². The van der Waals surface area contributed by atoms with E-state index in [9.17, 15) is 4.79 Å². The molecule has 13 heavy (non-hydrogen) atoms. The second-order valence-electron chi connectivity index (χ2n) is 3.43. The van der Waals surface area contributed by atoms with Gasteiger partial charge in [-0.15, -0.1) is 0 Å². The highest BCUT2D eigenvalue weighted by Gasteiger charge is 2.25. The van der Waals surface area contributed by atoms with Gasteiger partial charge < -0.3 is 8.54 Å². The molecule has 0 heterocycles. The maximum atomic E-state index is 10.9. The lowest BCUT2D eigenvalue weighted by Crippen LogP contribution is -2.37. The highest BCUT2D eigenvalue weighted by Crippen LogP contribution is 2.09. The lowest BCUT2D eigenvalue weighted by molar-refractivity contribution is -0.133. The molecule has 77 valence electrons. The summed E-state index contributed by atoms with van der Waals surface area (Å²) in [5, 5.41) is 0. The van der Waals surface area contributed by atoms with Crippen molar-refractivity contribution >= 4 is 46.8 Å². The van der Waals surface area contributed by atoms with Crippen LogP contribution in [0, 0.1) is 0 Å². The molecule has 0 amide bonds. The smallest absolute Gasteiger partial charge is 0.445 e. The zero-order valence-electron chi connectivity index (χ0n) is 8.06. The number of rotatable bonds is 4. The van der Waals surface area contributed by atoms with E-state index in [0.717, 1.165) is 0 Å². The molecule has 7 heteroatoms. The van der Waals surface area contributed by atoms with Gasteiger partial charge in [-0.3, -0.25) is 4.79 Å². The van der Waals surface area contributed by atoms with E-state index in [1.807, 2.05) is 19.6 Å². The van der Waals surface area contributed by atoms with Gasteiger partial charge in [0, 0.05) is 0 Å². The Morgan fingerprint density at radius 1 is 1.38 bits per heavy atom. The van der Waals surface area contributed by atoms with Gasteiger partial charge in [0.05, 0.1) is 0 Å². The summed E-state index contributed by atoms with van der Waals surface area (Å²) >= 11 is 10.6. The third kappa shape index (κ3) is 7.51. The topological polar surface area (TPSA) is 35.5 Å². The second-order valence-corrected chi connectivity index (χ2v) is 10.8. The van der Waals surface area contributed by atoms with Crippen LogP contribution in [-0.2, 0) is 13.3 Å². The van der Waals surface area contributed by atoms with Gasteiger partial charge in [-0.1, -0.05) is 23.2 Å². The first-order valence-corrected chi connectivity index (χ1v) is 9.84. The third-order valence-electron chi connectivity index (χ3n) is 0.872. The molecule has 0 rings (SSSR count). The number of carbonyl (C=O) groups is 1. The summed E-state index contributed by atoms with van der Waals surface area (Å²) < 4.78 is 10.4. The minimum Gasteiger partial charge on any atom is -0.491 e. The van der Waals surface area contributed by atoms with Crippen molar-refractivity contribution in [2.75, 3.05) is 0 Å². The standard InChI is InChI=1S/C6H13Cl2O3Si2/c1-12(11-13(2,3)4)10-6(9)5(7)8/h5H,1-4H3. The van der Waals surface area contributed by atoms with Crippen molar-refractivity contribution in [2.24, 2.45) is 0 Å². The summed E-state index contributed by atoms with van der Waals surface area (Å²) in [5.41, 5.74) is 0. The minimum atomic E-state index is -1.64. The quantitative estimate of drug-likeness (QED) is 0.574. The van der Waals surface area contributed by atoms with E-state index < -0.39 is 28.4 Å². The normalized spacial score (nSPS) is 12.3. The Morgan fingerprint density at radius 2 is 1.85 bits per heavy atom. The van der Waals surface area contributed by atoms with E-state index in [-0.39, 0.29) is 0 Å². The maximum Gasteiger partial charge on any atom is 0.445 e. The summed E-state index contributed by atoms with van der Waals surface area (Å²) in [6.07, 6.45) is 0. The van der Waals surface area contributed by atoms with Crippen molar-refractivity contribution in [3.8, 4) is 0 Å². The molecular formula is C6H13Cl2O3Si2. The molecule has 0 aromatic heterocycles. The molecule has 0 aromatic rings. The van der Waals surface area contributed by atoms with Crippen LogP contribution >= 0.6 is 23.2 Å². The zero-order chi connectivity index (χ0) is 10.6. The van der Waals surface area contributed by atoms with Gasteiger partial charge >= 0.3 is 15.3 Å². The summed E-state index contributed by atoms with van der Waals surface area (Å²) in [6.45, 7) is 7.81. The Kier molecular flexibility index (Phi) is 5.54. The molecule has 0 spiro atoms. The van der Waals surface area contributed by atoms with E-state index >= 15 is 0 Å². The Morgan fingerprint density at radius 3 is 2.15 bits per heavy atom. The van der Waals surface area contributed by atoms with E-state index in [0.29, 0.717) is 0 Å². The molecule has 3 nitrogen and oxygen atoms in total. The van der Waals surface area contributed by atoms with Crippen molar-refractivity contribution in [2.45, 2.75) is 31.0 Å². The van der Waals surface area contributed by atoms with Crippen LogP contribution in [0.2, 0.25) is 26.2 Å². The Balaban J connectivity index is 3.88. The summed E-state index contributed by atoms with van der Waals surface area (Å²) in [6, 6.07) is 0. The third-order valence-corrected chi connectivity index (χ3v) is 5.32. The molecule has 0 N–H and O–H groups in total. The Hall–Kier alpha value is 0.444. The van der Waals surface area contributed by atoms with Crippen LogP contribution in [0.4, 0.5) is 0 Å². The first kappa shape index (κ1) is 13.4. The average molecular weight is 260 g/mol. The molecule has 0 aliphatic rings. The Bertz CT molecular complexity index is 181. The molecular weight excluding hydrogens is 247 g/mol. The molecule has 0 aliphatic heterocycles. The van der Waals surface area contributed by atoms with E-state index in [1.54, 1.807) is 6.55 Å². The van der Waals surface area contributed by atoms with E-state index in [2.05, 4.69) is 0 Å². The number of halogens is 2. The molecule has 0 fully saturated rings. The largest absolute Gasteiger partial charge is 0.491 e. The zero-order valence-corrected chi connectivity index (χ0v) is 11.6. The molecule has 0 saturated carbocycles. The fraction of sp³-hybridized carbons (Fsp3) is 0.833. The van der Waals surface area contributed by atoms with Gasteiger partial charge in [-0.05, 0) is 26.2 Å². The lowest BCUT2D eigenvalue weighted by Gasteiger charge is -2.21. The van der Waals surface area contributed by atoms with Gasteiger partial charge in [0.2, 0.25) is 4.84 Å². The van der Waals surface area contributed by atoms with Gasteiger partial charge in [0.1, 0.15) is 0 Å². The highest BCUT2D eigenvalue weighted by atomic mass is 35.5. The second kappa shape index (κ2) is 5.36. The highest BCUT2D eigenvalue weighted by molar-refractivity contribution is 6.76. The minimum absolute atomic E-state index is 0.627. The first-order valence-electron chi connectivity index (χ1n) is 3.75. The number of alkyl halides is 2. The predicted molar refractivity (Wildman–Crippen MR) is 57.6 cm³/mol. The van der Waals surface area contributed by atoms with Crippen LogP contribution in [0.15, 0.2) is 0 Å². The van der Waals surface area contributed by atoms with Gasteiger partial charge in [-0.2, -0.15) is 0 Å².